The molecule has 3 aromatic rings. The largest absolute Gasteiger partial charge is 0.0984 e. The maximum absolute atomic E-state index is 3.97. The summed E-state index contributed by atoms with van der Waals surface area (Å²) in [5.41, 5.74) is 3.45. The molecule has 3 rings (SSSR count). The molecule has 2 heteroatoms. The minimum atomic E-state index is 1.05. The number of hydrogen-bond acceptors (Lipinski definition) is 0. The fraction of sp³-hybridized carbons (Fsp3) is 0.0526. The third-order valence-electron chi connectivity index (χ3n) is 3.80. The van der Waals surface area contributed by atoms with E-state index >= 15 is 0 Å². The Hall–Kier alpha value is -1.38. The summed E-state index contributed by atoms with van der Waals surface area (Å²) in [6.45, 7) is 10.0. The Morgan fingerprint density at radius 3 is 2.05 bits per heavy atom. The van der Waals surface area contributed by atoms with Gasteiger partial charge in [-0.25, -0.2) is 0 Å². The summed E-state index contributed by atoms with van der Waals surface area (Å²) >= 11 is 7.36. The van der Waals surface area contributed by atoms with E-state index in [1.54, 1.807) is 0 Å². The number of hydrogen-bond donors (Lipinski definition) is 0. The van der Waals surface area contributed by atoms with E-state index in [1.165, 1.54) is 27.1 Å². The third kappa shape index (κ3) is 2.27. The monoisotopic (exact) mass is 400 g/mol. The Bertz CT molecular complexity index is 905. The highest BCUT2D eigenvalue weighted by Crippen LogP contribution is 2.38. The van der Waals surface area contributed by atoms with Crippen molar-refractivity contribution in [1.29, 1.82) is 0 Å². The van der Waals surface area contributed by atoms with E-state index in [-0.39, 0.29) is 0 Å². The van der Waals surface area contributed by atoms with Crippen molar-refractivity contribution in [2.24, 2.45) is 0 Å². The summed E-state index contributed by atoms with van der Waals surface area (Å²) in [6.07, 6.45) is 3.77. The molecule has 0 unspecified atom stereocenters. The normalized spacial score (nSPS) is 11.0. The van der Waals surface area contributed by atoms with Gasteiger partial charge in [0.15, 0.2) is 0 Å². The first-order chi connectivity index (χ1) is 10.1. The molecule has 21 heavy (non-hydrogen) atoms. The molecule has 0 bridgehead atoms. The molecule has 0 nitrogen and oxygen atoms in total. The summed E-state index contributed by atoms with van der Waals surface area (Å²) in [7, 11) is 0. The van der Waals surface area contributed by atoms with Gasteiger partial charge in [-0.15, -0.1) is 0 Å². The van der Waals surface area contributed by atoms with Crippen LogP contribution in [0.25, 0.3) is 33.7 Å². The molecule has 0 N–H and O–H groups in total. The fourth-order valence-corrected chi connectivity index (χ4v) is 3.98. The molecule has 0 aliphatic heterocycles. The standard InChI is InChI=1S/C19H14Br2/c1-4-12-13(5-2)18(20)10-17-15-8-11(3)6-7-14(15)19(21)9-16(12)17/h4-10H,1-2H2,3H3. The third-order valence-corrected chi connectivity index (χ3v) is 5.11. The van der Waals surface area contributed by atoms with Crippen LogP contribution in [0.3, 0.4) is 0 Å². The highest BCUT2D eigenvalue weighted by atomic mass is 79.9. The lowest BCUT2D eigenvalue weighted by atomic mass is 9.94. The van der Waals surface area contributed by atoms with Crippen LogP contribution in [-0.2, 0) is 0 Å². The van der Waals surface area contributed by atoms with Crippen molar-refractivity contribution in [2.45, 2.75) is 6.92 Å². The van der Waals surface area contributed by atoms with Crippen molar-refractivity contribution in [2.75, 3.05) is 0 Å². The average molecular weight is 402 g/mol. The van der Waals surface area contributed by atoms with Crippen molar-refractivity contribution in [3.63, 3.8) is 0 Å². The van der Waals surface area contributed by atoms with E-state index in [2.05, 4.69) is 82.3 Å². The number of rotatable bonds is 2. The molecule has 3 aromatic carbocycles. The van der Waals surface area contributed by atoms with Gasteiger partial charge in [0.2, 0.25) is 0 Å². The van der Waals surface area contributed by atoms with Gasteiger partial charge in [-0.3, -0.25) is 0 Å². The van der Waals surface area contributed by atoms with Crippen molar-refractivity contribution in [3.05, 3.63) is 69.1 Å². The quantitative estimate of drug-likeness (QED) is 0.401. The van der Waals surface area contributed by atoms with Crippen LogP contribution in [0.15, 0.2) is 52.4 Å². The SMILES string of the molecule is C=Cc1c(Br)cc2c(cc(Br)c3ccc(C)cc32)c1C=C. The highest BCUT2D eigenvalue weighted by molar-refractivity contribution is 9.11. The van der Waals surface area contributed by atoms with Crippen LogP contribution in [0.1, 0.15) is 16.7 Å². The van der Waals surface area contributed by atoms with Crippen molar-refractivity contribution in [3.8, 4) is 0 Å². The summed E-state index contributed by atoms with van der Waals surface area (Å²) < 4.78 is 2.15. The molecule has 0 aliphatic carbocycles. The van der Waals surface area contributed by atoms with Gasteiger partial charge in [-0.05, 0) is 51.7 Å². The lowest BCUT2D eigenvalue weighted by molar-refractivity contribution is 1.51. The molecule has 0 aromatic heterocycles. The van der Waals surface area contributed by atoms with E-state index in [0.717, 1.165) is 20.1 Å². The van der Waals surface area contributed by atoms with Gasteiger partial charge < -0.3 is 0 Å². The predicted octanol–water partition coefficient (Wildman–Crippen LogP) is 7.11. The second-order valence-corrected chi connectivity index (χ2v) is 6.81. The first-order valence-electron chi connectivity index (χ1n) is 6.66. The van der Waals surface area contributed by atoms with E-state index in [0.29, 0.717) is 0 Å². The van der Waals surface area contributed by atoms with Crippen LogP contribution >= 0.6 is 31.9 Å². The zero-order valence-corrected chi connectivity index (χ0v) is 14.9. The van der Waals surface area contributed by atoms with Gasteiger partial charge in [0, 0.05) is 8.95 Å². The lowest BCUT2D eigenvalue weighted by Crippen LogP contribution is -1.89. The van der Waals surface area contributed by atoms with Crippen molar-refractivity contribution in [1.82, 2.24) is 0 Å². The van der Waals surface area contributed by atoms with Crippen molar-refractivity contribution >= 4 is 65.6 Å². The molecule has 0 radical (unpaired) electrons. The summed E-state index contributed by atoms with van der Waals surface area (Å²) in [5, 5.41) is 4.89. The van der Waals surface area contributed by atoms with Crippen LogP contribution in [-0.4, -0.2) is 0 Å². The van der Waals surface area contributed by atoms with Gasteiger partial charge in [0.25, 0.3) is 0 Å². The Balaban J connectivity index is 2.64. The van der Waals surface area contributed by atoms with Gasteiger partial charge in [0.1, 0.15) is 0 Å². The van der Waals surface area contributed by atoms with E-state index in [9.17, 15) is 0 Å². The van der Waals surface area contributed by atoms with Crippen LogP contribution in [0.2, 0.25) is 0 Å². The van der Waals surface area contributed by atoms with Crippen LogP contribution in [0.5, 0.6) is 0 Å². The first kappa shape index (κ1) is 14.6. The Kier molecular flexibility index (Phi) is 3.76. The van der Waals surface area contributed by atoms with E-state index in [1.807, 2.05) is 12.2 Å². The maximum Gasteiger partial charge on any atom is 0.0260 e. The molecule has 0 fully saturated rings. The summed E-state index contributed by atoms with van der Waals surface area (Å²) in [4.78, 5) is 0. The maximum atomic E-state index is 3.97. The number of fused-ring (bicyclic) bond motifs is 3. The highest BCUT2D eigenvalue weighted by Gasteiger charge is 2.12. The number of benzene rings is 3. The molecule has 0 atom stereocenters. The van der Waals surface area contributed by atoms with E-state index in [4.69, 9.17) is 0 Å². The predicted molar refractivity (Wildman–Crippen MR) is 102 cm³/mol. The molecule has 0 aliphatic rings. The smallest absolute Gasteiger partial charge is 0.0260 e. The van der Waals surface area contributed by atoms with Gasteiger partial charge in [-0.1, -0.05) is 80.9 Å². The number of halogens is 2. The minimum Gasteiger partial charge on any atom is -0.0984 e. The molecule has 0 spiro atoms. The molecule has 0 saturated heterocycles. The molecule has 104 valence electrons. The molecule has 0 heterocycles. The molecule has 0 saturated carbocycles. The molecular weight excluding hydrogens is 388 g/mol. The Morgan fingerprint density at radius 2 is 1.38 bits per heavy atom. The second kappa shape index (κ2) is 5.43. The van der Waals surface area contributed by atoms with Crippen molar-refractivity contribution < 1.29 is 0 Å². The van der Waals surface area contributed by atoms with E-state index < -0.39 is 0 Å². The Labute approximate surface area is 141 Å². The average Bonchev–Trinajstić information content (AvgIpc) is 2.47. The zero-order chi connectivity index (χ0) is 15.1. The first-order valence-corrected chi connectivity index (χ1v) is 8.25. The van der Waals surface area contributed by atoms with Gasteiger partial charge >= 0.3 is 0 Å². The molecular formula is C19H14Br2. The van der Waals surface area contributed by atoms with Crippen LogP contribution < -0.4 is 0 Å². The fourth-order valence-electron chi connectivity index (χ4n) is 2.80. The van der Waals surface area contributed by atoms with Gasteiger partial charge in [0.05, 0.1) is 0 Å². The Morgan fingerprint density at radius 1 is 0.762 bits per heavy atom. The lowest BCUT2D eigenvalue weighted by Gasteiger charge is -2.13. The summed E-state index contributed by atoms with van der Waals surface area (Å²) in [6, 6.07) is 10.9. The summed E-state index contributed by atoms with van der Waals surface area (Å²) in [5.74, 6) is 0. The zero-order valence-electron chi connectivity index (χ0n) is 11.7. The van der Waals surface area contributed by atoms with Gasteiger partial charge in [-0.2, -0.15) is 0 Å². The number of aryl methyl sites for hydroxylation is 1. The topological polar surface area (TPSA) is 0 Å². The van der Waals surface area contributed by atoms with Crippen LogP contribution in [0, 0.1) is 6.92 Å². The van der Waals surface area contributed by atoms with Crippen LogP contribution in [0.4, 0.5) is 0 Å². The molecule has 0 amide bonds. The minimum absolute atomic E-state index is 1.05. The second-order valence-electron chi connectivity index (χ2n) is 5.10.